The van der Waals surface area contributed by atoms with Crippen LogP contribution in [-0.2, 0) is 11.8 Å². The van der Waals surface area contributed by atoms with Gasteiger partial charge in [-0.15, -0.1) is 0 Å². The van der Waals surface area contributed by atoms with Crippen LogP contribution in [0.3, 0.4) is 0 Å². The molecule has 0 saturated carbocycles. The second-order valence-corrected chi connectivity index (χ2v) is 11.2. The van der Waals surface area contributed by atoms with Crippen LogP contribution in [0.4, 0.5) is 0 Å². The van der Waals surface area contributed by atoms with E-state index in [0.717, 1.165) is 0 Å². The summed E-state index contributed by atoms with van der Waals surface area (Å²) in [7, 11) is 0. The Kier molecular flexibility index (Phi) is 6.84. The lowest BCUT2D eigenvalue weighted by atomic mass is 9.70. The van der Waals surface area contributed by atoms with Crippen molar-refractivity contribution >= 4 is 10.8 Å². The van der Waals surface area contributed by atoms with Gasteiger partial charge in [0.1, 0.15) is 0 Å². The number of fused-ring (bicyclic) bond motifs is 12. The summed E-state index contributed by atoms with van der Waals surface area (Å²) >= 11 is 0. The number of hydrogen-bond acceptors (Lipinski definition) is 1. The summed E-state index contributed by atoms with van der Waals surface area (Å²) in [5, 5.41) is 11.8. The maximum atomic E-state index is 9.20. The van der Waals surface area contributed by atoms with Crippen molar-refractivity contribution in [1.82, 2.24) is 0 Å². The van der Waals surface area contributed by atoms with Crippen LogP contribution in [0.25, 0.3) is 44.2 Å². The lowest BCUT2D eigenvalue weighted by molar-refractivity contribution is 0.794. The van der Waals surface area contributed by atoms with Gasteiger partial charge in [0.2, 0.25) is 0 Å². The Morgan fingerprint density at radius 2 is 1.25 bits per heavy atom. The van der Waals surface area contributed by atoms with Crippen molar-refractivity contribution in [2.75, 3.05) is 0 Å². The zero-order valence-corrected chi connectivity index (χ0v) is 25.1. The largest absolute Gasteiger partial charge is 0.192 e. The molecule has 2 aliphatic carbocycles. The maximum Gasteiger partial charge on any atom is 0.0988 e. The molecule has 0 aromatic heterocycles. The first-order valence-corrected chi connectivity index (χ1v) is 15.4. The van der Waals surface area contributed by atoms with Crippen LogP contribution in [0, 0.1) is 11.3 Å². The van der Waals surface area contributed by atoms with Gasteiger partial charge in [-0.1, -0.05) is 154 Å². The van der Waals surface area contributed by atoms with Gasteiger partial charge < -0.3 is 0 Å². The molecule has 0 aliphatic heterocycles. The molecule has 0 atom stereocenters. The van der Waals surface area contributed by atoms with Gasteiger partial charge in [0.25, 0.3) is 0 Å². The highest BCUT2D eigenvalue weighted by Gasteiger charge is 2.51. The van der Waals surface area contributed by atoms with Crippen LogP contribution in [0.5, 0.6) is 0 Å². The van der Waals surface area contributed by atoms with E-state index in [2.05, 4.69) is 140 Å². The number of nitrogens with zero attached hydrogens (tertiary/aromatic N) is 1. The molecular formula is C43H33N. The van der Waals surface area contributed by atoms with Crippen molar-refractivity contribution in [1.29, 1.82) is 5.26 Å². The van der Waals surface area contributed by atoms with Gasteiger partial charge in [-0.3, -0.25) is 0 Å². The van der Waals surface area contributed by atoms with Gasteiger partial charge in [0.15, 0.2) is 0 Å². The lowest BCUT2D eigenvalue weighted by Gasteiger charge is -2.30. The van der Waals surface area contributed by atoms with E-state index in [-0.39, 0.29) is 5.41 Å². The second-order valence-electron chi connectivity index (χ2n) is 11.2. The molecule has 6 aromatic carbocycles. The van der Waals surface area contributed by atoms with E-state index in [0.29, 0.717) is 12.0 Å². The number of allylic oxidation sites excluding steroid dienone is 3. The molecular weight excluding hydrogens is 530 g/mol. The molecule has 1 heteroatoms. The Labute approximate surface area is 260 Å². The van der Waals surface area contributed by atoms with Gasteiger partial charge in [0.05, 0.1) is 11.5 Å². The fraction of sp³-hybridized carbons (Fsp3) is 0.0930. The maximum absolute atomic E-state index is 9.20. The summed E-state index contributed by atoms with van der Waals surface area (Å²) in [6, 6.07) is 49.3. The summed E-state index contributed by atoms with van der Waals surface area (Å²) in [6.07, 6.45) is 4.24. The minimum absolute atomic E-state index is 0.347. The van der Waals surface area contributed by atoms with Crippen molar-refractivity contribution in [3.63, 3.8) is 0 Å². The standard InChI is InChI=1S/C41H27N.C2H6/c1-2-27(26-42)15-16-28-17-19-29(20-18-28)31-22-23-38-35(25-31)40-32-10-4-3-9-30(32)21-24-39(40)41(38)36-13-7-5-11-33(36)34-12-6-8-14-37(34)41;1-2/h2-15,17-25H,1,16H2;1-2H3/b27-15+;. The molecule has 0 radical (unpaired) electrons. The Bertz CT molecular complexity index is 2090. The molecule has 44 heavy (non-hydrogen) atoms. The first-order chi connectivity index (χ1) is 21.7. The third-order valence-electron chi connectivity index (χ3n) is 9.17. The first kappa shape index (κ1) is 27.4. The summed E-state index contributed by atoms with van der Waals surface area (Å²) in [6.45, 7) is 7.72. The number of nitriles is 1. The molecule has 8 rings (SSSR count). The molecule has 2 aliphatic rings. The Morgan fingerprint density at radius 1 is 0.659 bits per heavy atom. The highest BCUT2D eigenvalue weighted by atomic mass is 14.5. The quantitative estimate of drug-likeness (QED) is 0.154. The van der Waals surface area contributed by atoms with Crippen molar-refractivity contribution in [2.45, 2.75) is 25.7 Å². The van der Waals surface area contributed by atoms with Gasteiger partial charge >= 0.3 is 0 Å². The predicted molar refractivity (Wildman–Crippen MR) is 185 cm³/mol. The Morgan fingerprint density at radius 3 is 1.93 bits per heavy atom. The molecule has 210 valence electrons. The van der Waals surface area contributed by atoms with E-state index in [1.54, 1.807) is 6.08 Å². The van der Waals surface area contributed by atoms with Crippen LogP contribution in [-0.4, -0.2) is 0 Å². The van der Waals surface area contributed by atoms with Crippen LogP contribution < -0.4 is 0 Å². The molecule has 0 N–H and O–H groups in total. The molecule has 0 heterocycles. The monoisotopic (exact) mass is 563 g/mol. The van der Waals surface area contributed by atoms with E-state index in [9.17, 15) is 5.26 Å². The van der Waals surface area contributed by atoms with Crippen molar-refractivity contribution < 1.29 is 0 Å². The van der Waals surface area contributed by atoms with Gasteiger partial charge in [-0.05, 0) is 84.5 Å². The normalized spacial score (nSPS) is 13.2. The fourth-order valence-corrected chi connectivity index (χ4v) is 7.33. The molecule has 0 unspecified atom stereocenters. The molecule has 0 fully saturated rings. The highest BCUT2D eigenvalue weighted by molar-refractivity contribution is 6.06. The molecule has 0 amide bonds. The minimum atomic E-state index is -0.347. The van der Waals surface area contributed by atoms with Crippen LogP contribution in [0.2, 0.25) is 0 Å². The van der Waals surface area contributed by atoms with Gasteiger partial charge in [0, 0.05) is 5.57 Å². The zero-order valence-electron chi connectivity index (χ0n) is 25.1. The summed E-state index contributed by atoms with van der Waals surface area (Å²) in [5.41, 5.74) is 14.6. The average Bonchev–Trinajstić information content (AvgIpc) is 3.57. The van der Waals surface area contributed by atoms with Crippen molar-refractivity contribution in [3.8, 4) is 39.4 Å². The third-order valence-corrected chi connectivity index (χ3v) is 9.17. The van der Waals surface area contributed by atoms with Crippen molar-refractivity contribution in [2.24, 2.45) is 0 Å². The Balaban J connectivity index is 0.00000153. The van der Waals surface area contributed by atoms with Crippen molar-refractivity contribution in [3.05, 3.63) is 180 Å². The molecule has 0 bridgehead atoms. The van der Waals surface area contributed by atoms with E-state index in [4.69, 9.17) is 0 Å². The average molecular weight is 564 g/mol. The van der Waals surface area contributed by atoms with Crippen LogP contribution in [0.15, 0.2) is 152 Å². The fourth-order valence-electron chi connectivity index (χ4n) is 7.33. The Hall–Kier alpha value is -5.45. The molecule has 0 saturated heterocycles. The minimum Gasteiger partial charge on any atom is -0.192 e. The number of benzene rings is 6. The van der Waals surface area contributed by atoms with E-state index >= 15 is 0 Å². The zero-order chi connectivity index (χ0) is 30.3. The SMILES string of the molecule is C=C/C(C#N)=C\Cc1ccc(-c2ccc3c(c2)-c2c(ccc4ccccc24)C32c3ccccc3-c3ccccc32)cc1.CC. The van der Waals surface area contributed by atoms with Crippen LogP contribution >= 0.6 is 0 Å². The molecule has 1 nitrogen and oxygen atoms in total. The van der Waals surface area contributed by atoms with E-state index in [1.807, 2.05) is 19.9 Å². The second kappa shape index (κ2) is 11.0. The summed E-state index contributed by atoms with van der Waals surface area (Å²) in [5.74, 6) is 0. The first-order valence-electron chi connectivity index (χ1n) is 15.4. The highest BCUT2D eigenvalue weighted by Crippen LogP contribution is 2.63. The number of rotatable bonds is 4. The summed E-state index contributed by atoms with van der Waals surface area (Å²) in [4.78, 5) is 0. The van der Waals surface area contributed by atoms with E-state index in [1.165, 1.54) is 72.0 Å². The summed E-state index contributed by atoms with van der Waals surface area (Å²) < 4.78 is 0. The van der Waals surface area contributed by atoms with Gasteiger partial charge in [-0.25, -0.2) is 0 Å². The lowest BCUT2D eigenvalue weighted by Crippen LogP contribution is -2.25. The smallest absolute Gasteiger partial charge is 0.0988 e. The molecule has 1 spiro atoms. The molecule has 6 aromatic rings. The van der Waals surface area contributed by atoms with Crippen LogP contribution in [0.1, 0.15) is 41.7 Å². The third kappa shape index (κ3) is 3.92. The predicted octanol–water partition coefficient (Wildman–Crippen LogP) is 11.1. The topological polar surface area (TPSA) is 23.8 Å². The van der Waals surface area contributed by atoms with Gasteiger partial charge in [-0.2, -0.15) is 5.26 Å². The number of hydrogen-bond donors (Lipinski definition) is 0. The van der Waals surface area contributed by atoms with E-state index < -0.39 is 0 Å².